The molecule has 0 radical (unpaired) electrons. The van der Waals surface area contributed by atoms with E-state index in [0.29, 0.717) is 0 Å². The highest BCUT2D eigenvalue weighted by Crippen LogP contribution is 2.31. The summed E-state index contributed by atoms with van der Waals surface area (Å²) in [6.45, 7) is 0. The van der Waals surface area contributed by atoms with Crippen molar-refractivity contribution in [2.45, 2.75) is 9.79 Å². The maximum atomic E-state index is 14.6. The van der Waals surface area contributed by atoms with Crippen LogP contribution in [-0.4, -0.2) is 34.3 Å². The minimum Gasteiger partial charge on any atom is -0.256 e. The van der Waals surface area contributed by atoms with Crippen molar-refractivity contribution in [1.29, 1.82) is 0 Å². The molecule has 1 aromatic carbocycles. The Morgan fingerprint density at radius 1 is 0.952 bits per heavy atom. The number of aromatic nitrogens is 1. The molecule has 21 heavy (non-hydrogen) atoms. The van der Waals surface area contributed by atoms with E-state index in [2.05, 4.69) is 4.98 Å². The van der Waals surface area contributed by atoms with Gasteiger partial charge >= 0.3 is 0 Å². The molecule has 2 aromatic rings. The molecule has 5 nitrogen and oxygen atoms in total. The lowest BCUT2D eigenvalue weighted by Crippen LogP contribution is -2.11. The minimum absolute atomic E-state index is 0.0663. The summed E-state index contributed by atoms with van der Waals surface area (Å²) >= 11 is 0. The van der Waals surface area contributed by atoms with E-state index in [-0.39, 0.29) is 11.3 Å². The molecule has 1 aromatic heterocycles. The van der Waals surface area contributed by atoms with Crippen LogP contribution in [0.15, 0.2) is 46.3 Å². The van der Waals surface area contributed by atoms with Crippen molar-refractivity contribution in [3.8, 4) is 11.3 Å². The second kappa shape index (κ2) is 5.19. The van der Waals surface area contributed by atoms with E-state index in [0.717, 1.165) is 18.6 Å². The zero-order chi connectivity index (χ0) is 15.8. The van der Waals surface area contributed by atoms with Crippen molar-refractivity contribution in [3.05, 3.63) is 42.3 Å². The molecule has 112 valence electrons. The normalized spacial score (nSPS) is 12.3. The molecule has 0 N–H and O–H groups in total. The lowest BCUT2D eigenvalue weighted by Gasteiger charge is -2.11. The monoisotopic (exact) mass is 329 g/mol. The highest BCUT2D eigenvalue weighted by Gasteiger charge is 2.27. The van der Waals surface area contributed by atoms with Gasteiger partial charge in [-0.25, -0.2) is 21.2 Å². The summed E-state index contributed by atoms with van der Waals surface area (Å²) in [6, 6.07) is 7.04. The number of halogens is 1. The Kier molecular flexibility index (Phi) is 3.85. The van der Waals surface area contributed by atoms with Crippen molar-refractivity contribution >= 4 is 19.7 Å². The van der Waals surface area contributed by atoms with Crippen LogP contribution in [0.25, 0.3) is 11.3 Å². The Morgan fingerprint density at radius 3 is 2.10 bits per heavy atom. The van der Waals surface area contributed by atoms with Crippen molar-refractivity contribution in [2.24, 2.45) is 0 Å². The smallest absolute Gasteiger partial charge is 0.179 e. The lowest BCUT2D eigenvalue weighted by atomic mass is 10.1. The highest BCUT2D eigenvalue weighted by molar-refractivity contribution is 7.93. The maximum absolute atomic E-state index is 14.6. The summed E-state index contributed by atoms with van der Waals surface area (Å²) in [5, 5.41) is 0. The Hall–Kier alpha value is -1.80. The molecule has 0 saturated heterocycles. The van der Waals surface area contributed by atoms with Gasteiger partial charge in [-0.05, 0) is 24.3 Å². The summed E-state index contributed by atoms with van der Waals surface area (Å²) in [5.41, 5.74) is 0.156. The average Bonchev–Trinajstić information content (AvgIpc) is 2.36. The van der Waals surface area contributed by atoms with Gasteiger partial charge in [0.1, 0.15) is 4.90 Å². The van der Waals surface area contributed by atoms with Crippen molar-refractivity contribution < 1.29 is 21.2 Å². The average molecular weight is 329 g/mol. The minimum atomic E-state index is -4.06. The molecule has 8 heteroatoms. The van der Waals surface area contributed by atoms with E-state index >= 15 is 0 Å². The first-order valence-corrected chi connectivity index (χ1v) is 9.54. The van der Waals surface area contributed by atoms with Crippen molar-refractivity contribution in [1.82, 2.24) is 4.98 Å². The number of hydrogen-bond acceptors (Lipinski definition) is 5. The summed E-state index contributed by atoms with van der Waals surface area (Å²) in [5.74, 6) is -1.11. The highest BCUT2D eigenvalue weighted by atomic mass is 32.2. The second-order valence-electron chi connectivity index (χ2n) is 4.51. The quantitative estimate of drug-likeness (QED) is 0.856. The van der Waals surface area contributed by atoms with Crippen LogP contribution < -0.4 is 0 Å². The topological polar surface area (TPSA) is 81.2 Å². The second-order valence-corrected chi connectivity index (χ2v) is 8.45. The summed E-state index contributed by atoms with van der Waals surface area (Å²) < 4.78 is 61.4. The van der Waals surface area contributed by atoms with Gasteiger partial charge in [0, 0.05) is 24.3 Å². The van der Waals surface area contributed by atoms with Gasteiger partial charge in [0.25, 0.3) is 0 Å². The fourth-order valence-electron chi connectivity index (χ4n) is 1.90. The predicted molar refractivity (Wildman–Crippen MR) is 75.9 cm³/mol. The standard InChI is InChI=1S/C13H12FNO4S2/c1-20(16,17)11-7-6-9(10-5-3-4-8-15-10)12(14)13(11)21(2,18)19/h3-8H,1-2H3. The summed E-state index contributed by atoms with van der Waals surface area (Å²) in [7, 11) is -7.94. The van der Waals surface area contributed by atoms with E-state index in [9.17, 15) is 21.2 Å². The fourth-order valence-corrected chi connectivity index (χ4v) is 4.41. The molecule has 0 aliphatic heterocycles. The van der Waals surface area contributed by atoms with Gasteiger partial charge in [-0.2, -0.15) is 0 Å². The zero-order valence-electron chi connectivity index (χ0n) is 11.2. The van der Waals surface area contributed by atoms with Gasteiger partial charge < -0.3 is 0 Å². The fraction of sp³-hybridized carbons (Fsp3) is 0.154. The van der Waals surface area contributed by atoms with E-state index in [1.54, 1.807) is 12.1 Å². The predicted octanol–water partition coefficient (Wildman–Crippen LogP) is 1.69. The number of hydrogen-bond donors (Lipinski definition) is 0. The lowest BCUT2D eigenvalue weighted by molar-refractivity contribution is 0.556. The van der Waals surface area contributed by atoms with Gasteiger partial charge in [0.05, 0.1) is 10.6 Å². The Balaban J connectivity index is 2.88. The molecule has 0 amide bonds. The van der Waals surface area contributed by atoms with Gasteiger partial charge in [-0.3, -0.25) is 4.98 Å². The Bertz CT molecular complexity index is 891. The van der Waals surface area contributed by atoms with Crippen molar-refractivity contribution in [3.63, 3.8) is 0 Å². The van der Waals surface area contributed by atoms with Crippen LogP contribution in [-0.2, 0) is 19.7 Å². The number of nitrogens with zero attached hydrogens (tertiary/aromatic N) is 1. The molecule has 0 fully saturated rings. The van der Waals surface area contributed by atoms with Crippen LogP contribution in [0.1, 0.15) is 0 Å². The number of pyridine rings is 1. The van der Waals surface area contributed by atoms with E-state index < -0.39 is 35.3 Å². The first-order valence-electron chi connectivity index (χ1n) is 5.76. The van der Waals surface area contributed by atoms with Gasteiger partial charge in [0.2, 0.25) is 0 Å². The summed E-state index contributed by atoms with van der Waals surface area (Å²) in [6.07, 6.45) is 3.03. The van der Waals surface area contributed by atoms with E-state index in [1.807, 2.05) is 0 Å². The summed E-state index contributed by atoms with van der Waals surface area (Å²) in [4.78, 5) is 2.56. The molecule has 0 saturated carbocycles. The molecule has 0 atom stereocenters. The van der Waals surface area contributed by atoms with E-state index in [1.165, 1.54) is 18.3 Å². The molecule has 0 bridgehead atoms. The van der Waals surface area contributed by atoms with Crippen LogP contribution in [0.2, 0.25) is 0 Å². The molecule has 0 spiro atoms. The third kappa shape index (κ3) is 3.11. The van der Waals surface area contributed by atoms with Crippen LogP contribution in [0.4, 0.5) is 4.39 Å². The number of sulfone groups is 2. The van der Waals surface area contributed by atoms with E-state index in [4.69, 9.17) is 0 Å². The van der Waals surface area contributed by atoms with Gasteiger partial charge in [0.15, 0.2) is 25.5 Å². The Morgan fingerprint density at radius 2 is 1.62 bits per heavy atom. The zero-order valence-corrected chi connectivity index (χ0v) is 12.9. The third-order valence-corrected chi connectivity index (χ3v) is 5.18. The number of rotatable bonds is 3. The first kappa shape index (κ1) is 15.6. The largest absolute Gasteiger partial charge is 0.256 e. The molecular formula is C13H12FNO4S2. The van der Waals surface area contributed by atoms with Crippen LogP contribution in [0.3, 0.4) is 0 Å². The van der Waals surface area contributed by atoms with Crippen molar-refractivity contribution in [2.75, 3.05) is 12.5 Å². The molecule has 0 unspecified atom stereocenters. The molecular weight excluding hydrogens is 317 g/mol. The van der Waals surface area contributed by atoms with Gasteiger partial charge in [-0.15, -0.1) is 0 Å². The van der Waals surface area contributed by atoms with Crippen LogP contribution in [0, 0.1) is 5.82 Å². The molecule has 2 rings (SSSR count). The van der Waals surface area contributed by atoms with Crippen LogP contribution in [0.5, 0.6) is 0 Å². The molecule has 0 aliphatic rings. The Labute approximate surface area is 122 Å². The third-order valence-electron chi connectivity index (χ3n) is 2.77. The van der Waals surface area contributed by atoms with Crippen LogP contribution >= 0.6 is 0 Å². The molecule has 0 aliphatic carbocycles. The first-order chi connectivity index (χ1) is 9.62. The SMILES string of the molecule is CS(=O)(=O)c1ccc(-c2ccccn2)c(F)c1S(C)(=O)=O. The van der Waals surface area contributed by atoms with Gasteiger partial charge in [-0.1, -0.05) is 6.07 Å². The number of benzene rings is 1. The molecule has 1 heterocycles. The maximum Gasteiger partial charge on any atom is 0.179 e.